The van der Waals surface area contributed by atoms with Gasteiger partial charge in [0.2, 0.25) is 0 Å². The van der Waals surface area contributed by atoms with Crippen LogP contribution in [0.15, 0.2) is 48.7 Å². The molecule has 2 aromatic rings. The van der Waals surface area contributed by atoms with Crippen molar-refractivity contribution in [2.75, 3.05) is 0 Å². The monoisotopic (exact) mass is 405 g/mol. The standard InChI is InChI=1S/C26H28FNO2/c1-16-25-22(20-7-3-2-6-17(20)14-23(25)26(29)30-16)13-12-19-11-10-18(15-28-19)21-8-4-5-9-24(21)27/h4-5,8-13,15-17,20,22-23,25H,2-3,6-7,14H2,1H3/t16-,17+,20-,22+,23-,25+/m1/s1. The molecule has 3 aliphatic rings. The molecule has 1 aromatic heterocycles. The summed E-state index contributed by atoms with van der Waals surface area (Å²) < 4.78 is 19.7. The number of aromatic nitrogens is 1. The van der Waals surface area contributed by atoms with Gasteiger partial charge in [0, 0.05) is 23.2 Å². The molecule has 6 atom stereocenters. The molecule has 1 saturated heterocycles. The molecular weight excluding hydrogens is 377 g/mol. The highest BCUT2D eigenvalue weighted by atomic mass is 19.1. The average Bonchev–Trinajstić information content (AvgIpc) is 3.05. The van der Waals surface area contributed by atoms with Crippen molar-refractivity contribution in [2.24, 2.45) is 29.6 Å². The maximum Gasteiger partial charge on any atom is 0.309 e. The van der Waals surface area contributed by atoms with Gasteiger partial charge in [-0.3, -0.25) is 9.78 Å². The number of carbonyl (C=O) groups is 1. The number of nitrogens with zero attached hydrogens (tertiary/aromatic N) is 1. The summed E-state index contributed by atoms with van der Waals surface area (Å²) in [5, 5.41) is 0. The van der Waals surface area contributed by atoms with Gasteiger partial charge < -0.3 is 4.74 Å². The van der Waals surface area contributed by atoms with Gasteiger partial charge in [0.05, 0.1) is 11.6 Å². The zero-order valence-corrected chi connectivity index (χ0v) is 17.3. The predicted octanol–water partition coefficient (Wildman–Crippen LogP) is 5.90. The van der Waals surface area contributed by atoms with Crippen molar-refractivity contribution in [2.45, 2.75) is 45.1 Å². The second-order valence-electron chi connectivity index (χ2n) is 9.16. The number of pyridine rings is 1. The van der Waals surface area contributed by atoms with E-state index in [0.29, 0.717) is 23.3 Å². The van der Waals surface area contributed by atoms with E-state index in [1.54, 1.807) is 18.3 Å². The summed E-state index contributed by atoms with van der Waals surface area (Å²) >= 11 is 0. The summed E-state index contributed by atoms with van der Waals surface area (Å²) in [6.45, 7) is 2.05. The van der Waals surface area contributed by atoms with Crippen LogP contribution in [0.3, 0.4) is 0 Å². The van der Waals surface area contributed by atoms with Crippen LogP contribution in [0.25, 0.3) is 17.2 Å². The fourth-order valence-corrected chi connectivity index (χ4v) is 6.15. The zero-order valence-electron chi connectivity index (χ0n) is 17.3. The number of rotatable bonds is 3. The summed E-state index contributed by atoms with van der Waals surface area (Å²) in [6.07, 6.45) is 12.1. The van der Waals surface area contributed by atoms with Gasteiger partial charge in [-0.15, -0.1) is 0 Å². The Morgan fingerprint density at radius 3 is 2.77 bits per heavy atom. The Bertz CT molecular complexity index is 954. The molecule has 4 heteroatoms. The van der Waals surface area contributed by atoms with Gasteiger partial charge in [0.25, 0.3) is 0 Å². The SMILES string of the molecule is C[C@H]1OC(=O)[C@@H]2C[C@@H]3CCCC[C@H]3[C@H](C=Cc3ccc(-c4ccccc4F)cn3)[C@H]12. The Hall–Kier alpha value is -2.49. The molecule has 0 spiro atoms. The van der Waals surface area contributed by atoms with E-state index in [9.17, 15) is 9.18 Å². The molecular formula is C26H28FNO2. The predicted molar refractivity (Wildman–Crippen MR) is 115 cm³/mol. The number of halogens is 1. The summed E-state index contributed by atoms with van der Waals surface area (Å²) in [4.78, 5) is 17.0. The van der Waals surface area contributed by atoms with Gasteiger partial charge in [-0.25, -0.2) is 4.39 Å². The lowest BCUT2D eigenvalue weighted by atomic mass is 9.57. The molecule has 0 amide bonds. The molecule has 3 fully saturated rings. The third-order valence-electron chi connectivity index (χ3n) is 7.54. The van der Waals surface area contributed by atoms with E-state index in [1.165, 1.54) is 31.7 Å². The van der Waals surface area contributed by atoms with E-state index in [4.69, 9.17) is 4.74 Å². The van der Waals surface area contributed by atoms with Crippen molar-refractivity contribution in [3.8, 4) is 11.1 Å². The fourth-order valence-electron chi connectivity index (χ4n) is 6.15. The number of hydrogen-bond acceptors (Lipinski definition) is 3. The number of allylic oxidation sites excluding steroid dienone is 1. The first-order valence-electron chi connectivity index (χ1n) is 11.2. The lowest BCUT2D eigenvalue weighted by Gasteiger charge is -2.45. The molecule has 5 rings (SSSR count). The van der Waals surface area contributed by atoms with Gasteiger partial charge >= 0.3 is 5.97 Å². The topological polar surface area (TPSA) is 39.2 Å². The molecule has 0 N–H and O–H groups in total. The molecule has 1 aliphatic heterocycles. The van der Waals surface area contributed by atoms with Crippen LogP contribution >= 0.6 is 0 Å². The molecule has 0 unspecified atom stereocenters. The summed E-state index contributed by atoms with van der Waals surface area (Å²) in [6, 6.07) is 10.6. The van der Waals surface area contributed by atoms with Crippen LogP contribution in [0.5, 0.6) is 0 Å². The number of cyclic esters (lactones) is 1. The molecule has 1 aromatic carbocycles. The fraction of sp³-hybridized carbons (Fsp3) is 0.462. The number of benzene rings is 1. The highest BCUT2D eigenvalue weighted by Gasteiger charge is 2.53. The Labute approximate surface area is 177 Å². The Morgan fingerprint density at radius 1 is 1.13 bits per heavy atom. The minimum Gasteiger partial charge on any atom is -0.462 e. The van der Waals surface area contributed by atoms with Gasteiger partial charge in [0.15, 0.2) is 0 Å². The molecule has 0 bridgehead atoms. The van der Waals surface area contributed by atoms with Crippen LogP contribution in [-0.4, -0.2) is 17.1 Å². The highest BCUT2D eigenvalue weighted by Crippen LogP contribution is 2.53. The Balaban J connectivity index is 1.40. The second-order valence-corrected chi connectivity index (χ2v) is 9.16. The van der Waals surface area contributed by atoms with Crippen molar-refractivity contribution in [3.05, 3.63) is 60.2 Å². The Kier molecular flexibility index (Phi) is 5.18. The van der Waals surface area contributed by atoms with Gasteiger partial charge in [-0.05, 0) is 55.7 Å². The second kappa shape index (κ2) is 7.98. The van der Waals surface area contributed by atoms with Gasteiger partial charge in [-0.1, -0.05) is 49.6 Å². The maximum absolute atomic E-state index is 14.0. The van der Waals surface area contributed by atoms with Crippen molar-refractivity contribution >= 4 is 12.0 Å². The third kappa shape index (κ3) is 3.46. The quantitative estimate of drug-likeness (QED) is 0.597. The van der Waals surface area contributed by atoms with Crippen molar-refractivity contribution < 1.29 is 13.9 Å². The van der Waals surface area contributed by atoms with Crippen LogP contribution in [-0.2, 0) is 9.53 Å². The normalized spacial score (nSPS) is 33.2. The number of ether oxygens (including phenoxy) is 1. The summed E-state index contributed by atoms with van der Waals surface area (Å²) in [7, 11) is 0. The van der Waals surface area contributed by atoms with Crippen molar-refractivity contribution in [3.63, 3.8) is 0 Å². The highest BCUT2D eigenvalue weighted by molar-refractivity contribution is 5.75. The molecule has 2 heterocycles. The minimum atomic E-state index is -0.237. The van der Waals surface area contributed by atoms with Crippen LogP contribution in [0, 0.1) is 35.4 Å². The molecule has 2 aliphatic carbocycles. The smallest absolute Gasteiger partial charge is 0.309 e. The van der Waals surface area contributed by atoms with E-state index < -0.39 is 0 Å². The van der Waals surface area contributed by atoms with Gasteiger partial charge in [0.1, 0.15) is 11.9 Å². The van der Waals surface area contributed by atoms with Crippen molar-refractivity contribution in [1.29, 1.82) is 0 Å². The first-order valence-corrected chi connectivity index (χ1v) is 11.2. The molecule has 0 radical (unpaired) electrons. The largest absolute Gasteiger partial charge is 0.462 e. The maximum atomic E-state index is 14.0. The van der Waals surface area contributed by atoms with Crippen molar-refractivity contribution in [1.82, 2.24) is 4.98 Å². The molecule has 30 heavy (non-hydrogen) atoms. The van der Waals surface area contributed by atoms with E-state index >= 15 is 0 Å². The zero-order chi connectivity index (χ0) is 20.7. The van der Waals surface area contributed by atoms with E-state index in [0.717, 1.165) is 17.7 Å². The summed E-state index contributed by atoms with van der Waals surface area (Å²) in [5.41, 5.74) is 2.21. The van der Waals surface area contributed by atoms with Gasteiger partial charge in [-0.2, -0.15) is 0 Å². The molecule has 2 saturated carbocycles. The molecule has 3 nitrogen and oxygen atoms in total. The summed E-state index contributed by atoms with van der Waals surface area (Å²) in [5.74, 6) is 1.69. The van der Waals surface area contributed by atoms with E-state index in [2.05, 4.69) is 17.1 Å². The van der Waals surface area contributed by atoms with Crippen LogP contribution < -0.4 is 0 Å². The van der Waals surface area contributed by atoms with E-state index in [1.807, 2.05) is 25.1 Å². The first-order chi connectivity index (χ1) is 14.6. The number of carbonyl (C=O) groups excluding carboxylic acids is 1. The first kappa shape index (κ1) is 19.5. The number of hydrogen-bond donors (Lipinski definition) is 0. The molecule has 156 valence electrons. The number of fused-ring (bicyclic) bond motifs is 2. The third-order valence-corrected chi connectivity index (χ3v) is 7.54. The lowest BCUT2D eigenvalue weighted by Crippen LogP contribution is -2.42. The number of esters is 1. The Morgan fingerprint density at radius 2 is 1.97 bits per heavy atom. The van der Waals surface area contributed by atoms with Crippen LogP contribution in [0.1, 0.15) is 44.7 Å². The lowest BCUT2D eigenvalue weighted by molar-refractivity contribution is -0.144. The van der Waals surface area contributed by atoms with Crippen LogP contribution in [0.4, 0.5) is 4.39 Å². The average molecular weight is 406 g/mol. The van der Waals surface area contributed by atoms with Crippen LogP contribution in [0.2, 0.25) is 0 Å². The minimum absolute atomic E-state index is 0.00212. The van der Waals surface area contributed by atoms with E-state index in [-0.39, 0.29) is 29.7 Å².